The molecule has 1 amide bonds. The number of ether oxygens (including phenoxy) is 1. The van der Waals surface area contributed by atoms with Crippen LogP contribution < -0.4 is 5.32 Å². The van der Waals surface area contributed by atoms with Crippen LogP contribution in [0.15, 0.2) is 29.0 Å². The molecule has 0 bridgehead atoms. The Morgan fingerprint density at radius 1 is 1.43 bits per heavy atom. The van der Waals surface area contributed by atoms with Crippen LogP contribution in [0.25, 0.3) is 11.3 Å². The van der Waals surface area contributed by atoms with E-state index in [1.807, 2.05) is 19.3 Å². The standard InChI is InChI=1S/C14H17BrN4O2/c1-14(2,3)21-13(20)17-11-7-9(5-6-16-11)12-10(15)8-19(4)18-12/h5-8H,1-4H3,(H,16,17,20). The second kappa shape index (κ2) is 5.85. The number of rotatable bonds is 2. The summed E-state index contributed by atoms with van der Waals surface area (Å²) in [7, 11) is 1.84. The van der Waals surface area contributed by atoms with Crippen LogP contribution in [0.3, 0.4) is 0 Å². The lowest BCUT2D eigenvalue weighted by Gasteiger charge is -2.19. The first kappa shape index (κ1) is 15.5. The maximum atomic E-state index is 11.7. The summed E-state index contributed by atoms with van der Waals surface area (Å²) in [4.78, 5) is 15.9. The third kappa shape index (κ3) is 4.29. The van der Waals surface area contributed by atoms with Gasteiger partial charge in [0.15, 0.2) is 0 Å². The van der Waals surface area contributed by atoms with Gasteiger partial charge in [-0.2, -0.15) is 5.10 Å². The molecule has 2 aromatic heterocycles. The molecule has 0 aromatic carbocycles. The van der Waals surface area contributed by atoms with Crippen molar-refractivity contribution in [2.24, 2.45) is 7.05 Å². The Hall–Kier alpha value is -1.89. The van der Waals surface area contributed by atoms with Gasteiger partial charge in [-0.05, 0) is 48.8 Å². The molecule has 6 nitrogen and oxygen atoms in total. The van der Waals surface area contributed by atoms with Gasteiger partial charge in [0.2, 0.25) is 0 Å². The van der Waals surface area contributed by atoms with Gasteiger partial charge in [-0.3, -0.25) is 10.00 Å². The zero-order valence-corrected chi connectivity index (χ0v) is 13.9. The van der Waals surface area contributed by atoms with E-state index in [0.29, 0.717) is 5.82 Å². The van der Waals surface area contributed by atoms with E-state index in [-0.39, 0.29) is 0 Å². The molecule has 0 aliphatic carbocycles. The van der Waals surface area contributed by atoms with Crippen LogP contribution in [-0.4, -0.2) is 26.5 Å². The van der Waals surface area contributed by atoms with Crippen molar-refractivity contribution in [3.05, 3.63) is 29.0 Å². The second-order valence-corrected chi connectivity index (χ2v) is 6.41. The van der Waals surface area contributed by atoms with Crippen molar-refractivity contribution in [2.75, 3.05) is 5.32 Å². The number of nitrogens with zero attached hydrogens (tertiary/aromatic N) is 3. The van der Waals surface area contributed by atoms with Crippen LogP contribution in [-0.2, 0) is 11.8 Å². The molecule has 0 atom stereocenters. The number of amides is 1. The quantitative estimate of drug-likeness (QED) is 0.896. The van der Waals surface area contributed by atoms with Crippen molar-refractivity contribution in [1.29, 1.82) is 0 Å². The molecule has 21 heavy (non-hydrogen) atoms. The maximum Gasteiger partial charge on any atom is 0.413 e. The van der Waals surface area contributed by atoms with Gasteiger partial charge in [0.05, 0.1) is 4.47 Å². The molecule has 0 saturated heterocycles. The molecule has 0 radical (unpaired) electrons. The van der Waals surface area contributed by atoms with Gasteiger partial charge in [0, 0.05) is 25.0 Å². The fraction of sp³-hybridized carbons (Fsp3) is 0.357. The molecule has 2 rings (SSSR count). The Morgan fingerprint density at radius 2 is 2.14 bits per heavy atom. The van der Waals surface area contributed by atoms with Gasteiger partial charge in [0.1, 0.15) is 17.1 Å². The lowest BCUT2D eigenvalue weighted by molar-refractivity contribution is 0.0635. The molecule has 0 aliphatic rings. The summed E-state index contributed by atoms with van der Waals surface area (Å²) in [5.74, 6) is 0.416. The van der Waals surface area contributed by atoms with Crippen molar-refractivity contribution in [3.8, 4) is 11.3 Å². The summed E-state index contributed by atoms with van der Waals surface area (Å²) >= 11 is 3.45. The third-order valence-corrected chi connectivity index (χ3v) is 3.03. The highest BCUT2D eigenvalue weighted by Crippen LogP contribution is 2.27. The number of carbonyl (C=O) groups excluding carboxylic acids is 1. The Morgan fingerprint density at radius 3 is 2.71 bits per heavy atom. The summed E-state index contributed by atoms with van der Waals surface area (Å²) in [6.07, 6.45) is 2.94. The normalized spacial score (nSPS) is 11.3. The Labute approximate surface area is 131 Å². The summed E-state index contributed by atoms with van der Waals surface area (Å²) < 4.78 is 7.78. The number of hydrogen-bond donors (Lipinski definition) is 1. The van der Waals surface area contributed by atoms with E-state index < -0.39 is 11.7 Å². The molecule has 0 saturated carbocycles. The average Bonchev–Trinajstić information content (AvgIpc) is 2.66. The van der Waals surface area contributed by atoms with E-state index in [1.54, 1.807) is 37.7 Å². The smallest absolute Gasteiger partial charge is 0.413 e. The first-order valence-electron chi connectivity index (χ1n) is 6.40. The molecule has 2 heterocycles. The van der Waals surface area contributed by atoms with Crippen LogP contribution in [0.5, 0.6) is 0 Å². The Balaban J connectivity index is 2.19. The molecule has 0 aliphatic heterocycles. The first-order chi connectivity index (χ1) is 9.74. The van der Waals surface area contributed by atoms with Crippen LogP contribution in [0.4, 0.5) is 10.6 Å². The van der Waals surface area contributed by atoms with Crippen LogP contribution in [0.2, 0.25) is 0 Å². The molecule has 1 N–H and O–H groups in total. The topological polar surface area (TPSA) is 69.0 Å². The van der Waals surface area contributed by atoms with E-state index in [9.17, 15) is 4.79 Å². The maximum absolute atomic E-state index is 11.7. The van der Waals surface area contributed by atoms with Gasteiger partial charge < -0.3 is 4.74 Å². The third-order valence-electron chi connectivity index (χ3n) is 2.45. The monoisotopic (exact) mass is 352 g/mol. The van der Waals surface area contributed by atoms with E-state index >= 15 is 0 Å². The number of nitrogens with one attached hydrogen (secondary N) is 1. The highest BCUT2D eigenvalue weighted by Gasteiger charge is 2.17. The van der Waals surface area contributed by atoms with E-state index in [2.05, 4.69) is 31.3 Å². The van der Waals surface area contributed by atoms with Crippen LogP contribution in [0.1, 0.15) is 20.8 Å². The summed E-state index contributed by atoms with van der Waals surface area (Å²) in [5, 5.41) is 6.97. The number of anilines is 1. The second-order valence-electron chi connectivity index (χ2n) is 5.56. The van der Waals surface area contributed by atoms with Crippen molar-refractivity contribution in [3.63, 3.8) is 0 Å². The van der Waals surface area contributed by atoms with E-state index in [0.717, 1.165) is 15.7 Å². The highest BCUT2D eigenvalue weighted by atomic mass is 79.9. The number of hydrogen-bond acceptors (Lipinski definition) is 4. The van der Waals surface area contributed by atoms with Gasteiger partial charge in [-0.15, -0.1) is 0 Å². The molecular weight excluding hydrogens is 336 g/mol. The highest BCUT2D eigenvalue weighted by molar-refractivity contribution is 9.10. The molecule has 2 aromatic rings. The SMILES string of the molecule is Cn1cc(Br)c(-c2ccnc(NC(=O)OC(C)(C)C)c2)n1. The van der Waals surface area contributed by atoms with E-state index in [4.69, 9.17) is 4.74 Å². The number of carbonyl (C=O) groups is 1. The fourth-order valence-electron chi connectivity index (χ4n) is 1.71. The Bertz CT molecular complexity index is 661. The molecule has 0 unspecified atom stereocenters. The lowest BCUT2D eigenvalue weighted by Crippen LogP contribution is -2.27. The van der Waals surface area contributed by atoms with Crippen molar-refractivity contribution < 1.29 is 9.53 Å². The predicted molar refractivity (Wildman–Crippen MR) is 84.0 cm³/mol. The molecule has 0 spiro atoms. The van der Waals surface area contributed by atoms with Crippen LogP contribution >= 0.6 is 15.9 Å². The number of aromatic nitrogens is 3. The fourth-order valence-corrected chi connectivity index (χ4v) is 2.31. The lowest BCUT2D eigenvalue weighted by atomic mass is 10.2. The van der Waals surface area contributed by atoms with Crippen LogP contribution in [0, 0.1) is 0 Å². The number of aryl methyl sites for hydroxylation is 1. The Kier molecular flexibility index (Phi) is 4.32. The average molecular weight is 353 g/mol. The first-order valence-corrected chi connectivity index (χ1v) is 7.19. The minimum absolute atomic E-state index is 0.416. The number of pyridine rings is 1. The zero-order valence-electron chi connectivity index (χ0n) is 12.3. The zero-order chi connectivity index (χ0) is 15.6. The van der Waals surface area contributed by atoms with Crippen molar-refractivity contribution in [1.82, 2.24) is 14.8 Å². The number of halogens is 1. The summed E-state index contributed by atoms with van der Waals surface area (Å²) in [5.41, 5.74) is 1.08. The molecule has 7 heteroatoms. The van der Waals surface area contributed by atoms with E-state index in [1.165, 1.54) is 0 Å². The van der Waals surface area contributed by atoms with Crippen molar-refractivity contribution in [2.45, 2.75) is 26.4 Å². The van der Waals surface area contributed by atoms with Gasteiger partial charge in [0.25, 0.3) is 0 Å². The minimum Gasteiger partial charge on any atom is -0.444 e. The largest absolute Gasteiger partial charge is 0.444 e. The van der Waals surface area contributed by atoms with Gasteiger partial charge >= 0.3 is 6.09 Å². The molecular formula is C14H17BrN4O2. The summed E-state index contributed by atoms with van der Waals surface area (Å²) in [6, 6.07) is 3.57. The summed E-state index contributed by atoms with van der Waals surface area (Å²) in [6.45, 7) is 5.42. The predicted octanol–water partition coefficient (Wildman–Crippen LogP) is 3.59. The van der Waals surface area contributed by atoms with Gasteiger partial charge in [-0.25, -0.2) is 9.78 Å². The minimum atomic E-state index is -0.550. The van der Waals surface area contributed by atoms with Crippen molar-refractivity contribution >= 4 is 27.8 Å². The van der Waals surface area contributed by atoms with Gasteiger partial charge in [-0.1, -0.05) is 0 Å². The molecule has 112 valence electrons. The molecule has 0 fully saturated rings.